The normalized spacial score (nSPS) is 10.1. The van der Waals surface area contributed by atoms with Crippen LogP contribution in [0, 0.1) is 0 Å². The Bertz CT molecular complexity index is 834. The highest BCUT2D eigenvalue weighted by molar-refractivity contribution is 6.07. The van der Waals surface area contributed by atoms with Gasteiger partial charge in [-0.15, -0.1) is 0 Å². The molecule has 34 heavy (non-hydrogen) atoms. The van der Waals surface area contributed by atoms with Gasteiger partial charge in [-0.25, -0.2) is 4.98 Å². The Hall–Kier alpha value is -2.17. The molecule has 4 heteroatoms. The molecule has 0 aliphatic carbocycles. The number of para-hydroxylation sites is 2. The van der Waals surface area contributed by atoms with Crippen LogP contribution in [0.15, 0.2) is 48.5 Å². The molecule has 3 rings (SSSR count). The van der Waals surface area contributed by atoms with Gasteiger partial charge in [0.25, 0.3) is 0 Å². The Kier molecular flexibility index (Phi) is 21.4. The van der Waals surface area contributed by atoms with Crippen LogP contribution in [-0.2, 0) is 0 Å². The molecule has 3 aromatic rings. The summed E-state index contributed by atoms with van der Waals surface area (Å²) in [5, 5.41) is 2.45. The van der Waals surface area contributed by atoms with Gasteiger partial charge in [0.15, 0.2) is 0 Å². The van der Waals surface area contributed by atoms with Crippen molar-refractivity contribution in [2.75, 3.05) is 59.8 Å². The fraction of sp³-hybridized carbons (Fsp3) is 0.567. The second kappa shape index (κ2) is 21.4. The molecule has 0 aliphatic rings. The van der Waals surface area contributed by atoms with Crippen molar-refractivity contribution in [3.63, 3.8) is 0 Å². The van der Waals surface area contributed by atoms with E-state index in [0.717, 1.165) is 43.5 Å². The molecule has 0 amide bonds. The summed E-state index contributed by atoms with van der Waals surface area (Å²) in [4.78, 5) is 11.2. The maximum atomic E-state index is 6.77. The molecule has 4 nitrogen and oxygen atoms in total. The van der Waals surface area contributed by atoms with E-state index in [-0.39, 0.29) is 29.7 Å². The highest BCUT2D eigenvalue weighted by Gasteiger charge is 2.10. The molecule has 198 valence electrons. The molecule has 0 spiro atoms. The minimum Gasteiger partial charge on any atom is -0.374 e. The molecule has 0 bridgehead atoms. The lowest BCUT2D eigenvalue weighted by Crippen LogP contribution is -2.16. The highest BCUT2D eigenvalue weighted by Crippen LogP contribution is 2.32. The van der Waals surface area contributed by atoms with Gasteiger partial charge in [0, 0.05) is 27.1 Å². The zero-order chi connectivity index (χ0) is 23.9. The van der Waals surface area contributed by atoms with Crippen molar-refractivity contribution in [1.29, 1.82) is 0 Å². The van der Waals surface area contributed by atoms with E-state index in [9.17, 15) is 0 Å². The van der Waals surface area contributed by atoms with Gasteiger partial charge in [0.1, 0.15) is 0 Å². The molecule has 1 aromatic heterocycles. The standard InChI is InChI=1S/C16H16N2.2C5H13N.4CH4/c1-3-18(2)16-12-8-4-6-10-14(12)17-15-11-7-5-9-13(15)16;2*1-4-5-6(2)3;;;;/h4-11H,3H2,1-2H3;2*4-5H2,1-3H3;4*1H4/i;2*1T;;;;. The summed E-state index contributed by atoms with van der Waals surface area (Å²) in [5.41, 5.74) is 3.40. The van der Waals surface area contributed by atoms with E-state index in [2.05, 4.69) is 65.1 Å². The quantitative estimate of drug-likeness (QED) is 0.332. The number of hydrogen-bond acceptors (Lipinski definition) is 4. The lowest BCUT2D eigenvalue weighted by molar-refractivity contribution is 0.408. The first-order chi connectivity index (χ1) is 15.3. The second-order valence-corrected chi connectivity index (χ2v) is 7.82. The van der Waals surface area contributed by atoms with Crippen molar-refractivity contribution in [3.05, 3.63) is 48.5 Å². The van der Waals surface area contributed by atoms with Crippen LogP contribution in [0.2, 0.25) is 0 Å². The summed E-state index contributed by atoms with van der Waals surface area (Å²) < 4.78 is 13.5. The van der Waals surface area contributed by atoms with Crippen LogP contribution < -0.4 is 4.90 Å². The zero-order valence-electron chi connectivity index (χ0n) is 21.9. The summed E-state index contributed by atoms with van der Waals surface area (Å²) in [6.45, 7) is 6.35. The molecule has 0 saturated carbocycles. The Balaban J connectivity index is -0.000000244. The van der Waals surface area contributed by atoms with Crippen molar-refractivity contribution < 1.29 is 2.74 Å². The third kappa shape index (κ3) is 12.9. The average Bonchev–Trinajstić information content (AvgIpc) is 2.80. The summed E-state index contributed by atoms with van der Waals surface area (Å²) >= 11 is 0. The number of aromatic nitrogens is 1. The SMILES string of the molecule is C.C.C.C.CCN(C)c1c2ccccc2nc2ccccc12.[3H]CCCN(C)C.[3H]CCCN(C)C. The lowest BCUT2D eigenvalue weighted by atomic mass is 10.1. The van der Waals surface area contributed by atoms with Crippen LogP contribution in [0.5, 0.6) is 0 Å². The Labute approximate surface area is 216 Å². The molecule has 0 radical (unpaired) electrons. The van der Waals surface area contributed by atoms with E-state index >= 15 is 0 Å². The van der Waals surface area contributed by atoms with Gasteiger partial charge < -0.3 is 14.7 Å². The molecular formula is C30H58N4. The van der Waals surface area contributed by atoms with E-state index in [1.54, 1.807) is 0 Å². The van der Waals surface area contributed by atoms with E-state index in [0.29, 0.717) is 13.8 Å². The van der Waals surface area contributed by atoms with Gasteiger partial charge in [0.05, 0.1) is 16.7 Å². The van der Waals surface area contributed by atoms with Crippen molar-refractivity contribution in [1.82, 2.24) is 14.8 Å². The minimum absolute atomic E-state index is 0. The summed E-state index contributed by atoms with van der Waals surface area (Å²) in [5.74, 6) is 0. The molecule has 2 aromatic carbocycles. The van der Waals surface area contributed by atoms with Gasteiger partial charge in [-0.2, -0.15) is 0 Å². The first-order valence-corrected chi connectivity index (χ1v) is 10.7. The predicted octanol–water partition coefficient (Wildman–Crippen LogP) is 8.30. The van der Waals surface area contributed by atoms with Crippen LogP contribution in [0.25, 0.3) is 21.8 Å². The van der Waals surface area contributed by atoms with E-state index in [1.807, 2.05) is 40.3 Å². The molecule has 0 unspecified atom stereocenters. The van der Waals surface area contributed by atoms with Crippen molar-refractivity contribution >= 4 is 27.5 Å². The topological polar surface area (TPSA) is 22.6 Å². The number of nitrogens with zero attached hydrogens (tertiary/aromatic N) is 4. The third-order valence-electron chi connectivity index (χ3n) is 4.63. The van der Waals surface area contributed by atoms with Gasteiger partial charge in [-0.1, -0.05) is 79.9 Å². The van der Waals surface area contributed by atoms with Gasteiger partial charge >= 0.3 is 0 Å². The molecule has 1 heterocycles. The summed E-state index contributed by atoms with van der Waals surface area (Å²) in [6, 6.07) is 16.7. The van der Waals surface area contributed by atoms with Crippen molar-refractivity contribution in [3.8, 4) is 0 Å². The smallest absolute Gasteiger partial charge is 0.0730 e. The Morgan fingerprint density at radius 2 is 1.06 bits per heavy atom. The highest BCUT2D eigenvalue weighted by atomic mass is 15.1. The fourth-order valence-corrected chi connectivity index (χ4v) is 3.02. The molecule has 0 saturated heterocycles. The van der Waals surface area contributed by atoms with Crippen LogP contribution >= 0.6 is 0 Å². The van der Waals surface area contributed by atoms with Gasteiger partial charge in [-0.05, 0) is 73.2 Å². The summed E-state index contributed by atoms with van der Waals surface area (Å²) in [7, 11) is 10.2. The summed E-state index contributed by atoms with van der Waals surface area (Å²) in [6.07, 6.45) is 1.99. The lowest BCUT2D eigenvalue weighted by Gasteiger charge is -2.21. The third-order valence-corrected chi connectivity index (χ3v) is 4.63. The van der Waals surface area contributed by atoms with Crippen LogP contribution in [-0.4, -0.2) is 69.7 Å². The maximum Gasteiger partial charge on any atom is 0.0730 e. The predicted molar refractivity (Wildman–Crippen MR) is 163 cm³/mol. The number of rotatable bonds is 6. The minimum atomic E-state index is 0. The molecule has 0 aliphatic heterocycles. The van der Waals surface area contributed by atoms with Crippen molar-refractivity contribution in [2.45, 2.75) is 63.3 Å². The first-order valence-electron chi connectivity index (χ1n) is 12.1. The molecular weight excluding hydrogens is 416 g/mol. The Morgan fingerprint density at radius 3 is 1.35 bits per heavy atom. The van der Waals surface area contributed by atoms with E-state index in [4.69, 9.17) is 7.73 Å². The number of pyridine rings is 1. The fourth-order valence-electron chi connectivity index (χ4n) is 3.02. The average molecular weight is 479 g/mol. The van der Waals surface area contributed by atoms with E-state index < -0.39 is 0 Å². The molecule has 0 N–H and O–H groups in total. The molecule has 0 fully saturated rings. The van der Waals surface area contributed by atoms with E-state index in [1.165, 1.54) is 16.5 Å². The number of anilines is 1. The largest absolute Gasteiger partial charge is 0.374 e. The first kappa shape index (κ1) is 34.0. The second-order valence-electron chi connectivity index (χ2n) is 7.82. The monoisotopic (exact) mass is 478 g/mol. The van der Waals surface area contributed by atoms with Crippen LogP contribution in [0.1, 0.15) is 66.0 Å². The van der Waals surface area contributed by atoms with Crippen molar-refractivity contribution in [2.24, 2.45) is 0 Å². The van der Waals surface area contributed by atoms with Crippen LogP contribution in [0.3, 0.4) is 0 Å². The maximum absolute atomic E-state index is 6.77. The number of hydrogen-bond donors (Lipinski definition) is 0. The van der Waals surface area contributed by atoms with Gasteiger partial charge in [-0.3, -0.25) is 0 Å². The molecule has 0 atom stereocenters. The Morgan fingerprint density at radius 1 is 0.676 bits per heavy atom. The number of fused-ring (bicyclic) bond motifs is 2. The zero-order valence-corrected chi connectivity index (χ0v) is 19.9. The number of benzene rings is 2. The van der Waals surface area contributed by atoms with Crippen LogP contribution in [0.4, 0.5) is 5.69 Å². The van der Waals surface area contributed by atoms with Gasteiger partial charge in [0.2, 0.25) is 0 Å².